The first-order valence-corrected chi connectivity index (χ1v) is 37.0. The molecule has 0 heterocycles. The Bertz CT molecular complexity index is 1370. The van der Waals surface area contributed by atoms with Gasteiger partial charge in [0.25, 0.3) is 0 Å². The molecular formula is C76H142O6. The number of carbonyl (C=O) groups is 3. The van der Waals surface area contributed by atoms with Crippen LogP contribution in [-0.2, 0) is 28.6 Å². The lowest BCUT2D eigenvalue weighted by Crippen LogP contribution is -2.30. The van der Waals surface area contributed by atoms with Gasteiger partial charge < -0.3 is 14.2 Å². The number of ether oxygens (including phenoxy) is 3. The number of carbonyl (C=O) groups excluding carboxylic acids is 3. The van der Waals surface area contributed by atoms with Crippen molar-refractivity contribution in [2.24, 2.45) is 0 Å². The summed E-state index contributed by atoms with van der Waals surface area (Å²) in [4.78, 5) is 38.5. The van der Waals surface area contributed by atoms with Crippen LogP contribution in [0.4, 0.5) is 0 Å². The van der Waals surface area contributed by atoms with Crippen molar-refractivity contribution in [3.8, 4) is 0 Å². The highest BCUT2D eigenvalue weighted by molar-refractivity contribution is 5.71. The molecule has 0 bridgehead atoms. The van der Waals surface area contributed by atoms with Gasteiger partial charge in [-0.15, -0.1) is 0 Å². The maximum Gasteiger partial charge on any atom is 0.306 e. The molecule has 6 nitrogen and oxygen atoms in total. The van der Waals surface area contributed by atoms with Crippen molar-refractivity contribution in [1.29, 1.82) is 0 Å². The van der Waals surface area contributed by atoms with Crippen molar-refractivity contribution in [3.63, 3.8) is 0 Å². The predicted molar refractivity (Wildman–Crippen MR) is 358 cm³/mol. The largest absolute Gasteiger partial charge is 0.462 e. The molecule has 0 aromatic carbocycles. The summed E-state index contributed by atoms with van der Waals surface area (Å²) in [7, 11) is 0. The van der Waals surface area contributed by atoms with Gasteiger partial charge in [0.1, 0.15) is 13.2 Å². The predicted octanol–water partition coefficient (Wildman–Crippen LogP) is 25.5. The van der Waals surface area contributed by atoms with Gasteiger partial charge in [-0.2, -0.15) is 0 Å². The molecule has 0 aliphatic heterocycles. The Morgan fingerprint density at radius 3 is 0.683 bits per heavy atom. The molecule has 82 heavy (non-hydrogen) atoms. The number of hydrogen-bond acceptors (Lipinski definition) is 6. The lowest BCUT2D eigenvalue weighted by Gasteiger charge is -2.18. The van der Waals surface area contributed by atoms with E-state index in [9.17, 15) is 14.4 Å². The minimum absolute atomic E-state index is 0.0691. The summed E-state index contributed by atoms with van der Waals surface area (Å²) in [6.07, 6.45) is 88.9. The third-order valence-electron chi connectivity index (χ3n) is 16.9. The monoisotopic (exact) mass is 1150 g/mol. The number of allylic oxidation sites excluding steroid dienone is 6. The Hall–Kier alpha value is -2.37. The minimum atomic E-state index is -0.774. The van der Waals surface area contributed by atoms with E-state index in [0.717, 1.165) is 70.6 Å². The first-order valence-electron chi connectivity index (χ1n) is 37.0. The Morgan fingerprint density at radius 2 is 0.439 bits per heavy atom. The van der Waals surface area contributed by atoms with E-state index in [1.807, 2.05) is 0 Å². The Kier molecular flexibility index (Phi) is 69.1. The first kappa shape index (κ1) is 79.6. The van der Waals surface area contributed by atoms with Crippen molar-refractivity contribution in [2.45, 2.75) is 419 Å². The molecule has 482 valence electrons. The molecule has 1 atom stereocenters. The normalized spacial score (nSPS) is 12.2. The van der Waals surface area contributed by atoms with Crippen LogP contribution in [-0.4, -0.2) is 37.2 Å². The van der Waals surface area contributed by atoms with E-state index in [1.165, 1.54) is 302 Å². The fourth-order valence-electron chi connectivity index (χ4n) is 11.3. The summed E-state index contributed by atoms with van der Waals surface area (Å²) >= 11 is 0. The molecule has 1 unspecified atom stereocenters. The summed E-state index contributed by atoms with van der Waals surface area (Å²) in [6, 6.07) is 0. The van der Waals surface area contributed by atoms with Gasteiger partial charge in [-0.1, -0.05) is 353 Å². The van der Waals surface area contributed by atoms with Gasteiger partial charge in [0.15, 0.2) is 6.10 Å². The van der Waals surface area contributed by atoms with Gasteiger partial charge in [0, 0.05) is 19.3 Å². The van der Waals surface area contributed by atoms with Gasteiger partial charge in [0.05, 0.1) is 0 Å². The highest BCUT2D eigenvalue weighted by Gasteiger charge is 2.19. The van der Waals surface area contributed by atoms with E-state index < -0.39 is 6.10 Å². The molecule has 0 N–H and O–H groups in total. The van der Waals surface area contributed by atoms with E-state index in [4.69, 9.17) is 14.2 Å². The summed E-state index contributed by atoms with van der Waals surface area (Å²) in [5, 5.41) is 0. The number of unbranched alkanes of at least 4 members (excludes halogenated alkanes) is 52. The maximum absolute atomic E-state index is 13.0. The van der Waals surface area contributed by atoms with Gasteiger partial charge in [-0.3, -0.25) is 14.4 Å². The van der Waals surface area contributed by atoms with Crippen LogP contribution in [0.1, 0.15) is 412 Å². The van der Waals surface area contributed by atoms with Crippen LogP contribution in [0.15, 0.2) is 36.5 Å². The van der Waals surface area contributed by atoms with Gasteiger partial charge >= 0.3 is 17.9 Å². The van der Waals surface area contributed by atoms with E-state index in [1.54, 1.807) is 0 Å². The third-order valence-corrected chi connectivity index (χ3v) is 16.9. The van der Waals surface area contributed by atoms with Gasteiger partial charge in [-0.05, 0) is 77.0 Å². The molecule has 6 heteroatoms. The molecule has 0 spiro atoms. The van der Waals surface area contributed by atoms with Crippen LogP contribution in [0, 0.1) is 0 Å². The molecular weight excluding hydrogens is 1010 g/mol. The molecule has 0 aliphatic rings. The SMILES string of the molecule is CCCCCCC/C=C\C/C=C\CCCCCCCCCCCCCCCCCC(=O)OCC(COC(=O)CCCCCCC/C=C\CCCCCCCCC)OC(=O)CCCCCCCCCCCCCCCCCCCCCCC. The smallest absolute Gasteiger partial charge is 0.306 e. The van der Waals surface area contributed by atoms with Crippen molar-refractivity contribution < 1.29 is 28.6 Å². The molecule has 0 aliphatic carbocycles. The van der Waals surface area contributed by atoms with Crippen molar-refractivity contribution in [3.05, 3.63) is 36.5 Å². The average Bonchev–Trinajstić information content (AvgIpc) is 3.47. The molecule has 0 radical (unpaired) electrons. The van der Waals surface area contributed by atoms with Crippen molar-refractivity contribution in [1.82, 2.24) is 0 Å². The van der Waals surface area contributed by atoms with Gasteiger partial charge in [-0.25, -0.2) is 0 Å². The summed E-state index contributed by atoms with van der Waals surface area (Å²) in [5.41, 5.74) is 0. The Morgan fingerprint density at radius 1 is 0.244 bits per heavy atom. The van der Waals surface area contributed by atoms with Crippen LogP contribution in [0.25, 0.3) is 0 Å². The van der Waals surface area contributed by atoms with E-state index in [2.05, 4.69) is 57.2 Å². The fraction of sp³-hybridized carbons (Fsp3) is 0.882. The van der Waals surface area contributed by atoms with E-state index in [-0.39, 0.29) is 31.1 Å². The summed E-state index contributed by atoms with van der Waals surface area (Å²) in [6.45, 7) is 6.70. The zero-order valence-electron chi connectivity index (χ0n) is 55.5. The van der Waals surface area contributed by atoms with Crippen molar-refractivity contribution >= 4 is 17.9 Å². The highest BCUT2D eigenvalue weighted by Crippen LogP contribution is 2.19. The topological polar surface area (TPSA) is 78.9 Å². The van der Waals surface area contributed by atoms with Crippen LogP contribution < -0.4 is 0 Å². The summed E-state index contributed by atoms with van der Waals surface area (Å²) in [5.74, 6) is -0.845. The molecule has 0 amide bonds. The number of hydrogen-bond donors (Lipinski definition) is 0. The van der Waals surface area contributed by atoms with E-state index >= 15 is 0 Å². The second kappa shape index (κ2) is 71.1. The minimum Gasteiger partial charge on any atom is -0.462 e. The van der Waals surface area contributed by atoms with Crippen LogP contribution >= 0.6 is 0 Å². The van der Waals surface area contributed by atoms with Crippen LogP contribution in [0.3, 0.4) is 0 Å². The zero-order chi connectivity index (χ0) is 59.2. The average molecular weight is 1150 g/mol. The fourth-order valence-corrected chi connectivity index (χ4v) is 11.3. The number of rotatable bonds is 69. The highest BCUT2D eigenvalue weighted by atomic mass is 16.6. The maximum atomic E-state index is 13.0. The standard InChI is InChI=1S/C76H142O6/c1-4-7-10-13-16-19-22-25-28-31-33-35-36-37-38-39-40-42-43-45-48-51-54-57-60-63-66-69-75(78)81-72-73(71-80-74(77)68-65-62-59-56-53-50-47-30-27-24-21-18-15-12-9-6-3)82-76(79)70-67-64-61-58-55-52-49-46-44-41-34-32-29-26-23-20-17-14-11-8-5-2/h22,25,30-31,33,47,73H,4-21,23-24,26-29,32,34-46,48-72H2,1-3H3/b25-22-,33-31-,47-30-. The lowest BCUT2D eigenvalue weighted by atomic mass is 10.0. The molecule has 0 aromatic rings. The van der Waals surface area contributed by atoms with E-state index in [0.29, 0.717) is 19.3 Å². The Balaban J connectivity index is 4.26. The third kappa shape index (κ3) is 68.4. The first-order chi connectivity index (χ1) is 40.5. The number of esters is 3. The van der Waals surface area contributed by atoms with Crippen LogP contribution in [0.2, 0.25) is 0 Å². The molecule has 0 saturated carbocycles. The lowest BCUT2D eigenvalue weighted by molar-refractivity contribution is -0.167. The summed E-state index contributed by atoms with van der Waals surface area (Å²) < 4.78 is 17.0. The second-order valence-electron chi connectivity index (χ2n) is 25.2. The molecule has 0 fully saturated rings. The van der Waals surface area contributed by atoms with Crippen molar-refractivity contribution in [2.75, 3.05) is 13.2 Å². The van der Waals surface area contributed by atoms with Crippen LogP contribution in [0.5, 0.6) is 0 Å². The van der Waals surface area contributed by atoms with Gasteiger partial charge in [0.2, 0.25) is 0 Å². The zero-order valence-corrected chi connectivity index (χ0v) is 55.5. The molecule has 0 rings (SSSR count). The second-order valence-corrected chi connectivity index (χ2v) is 25.2. The Labute approximate surface area is 512 Å². The molecule has 0 saturated heterocycles. The molecule has 0 aromatic heterocycles. The quantitative estimate of drug-likeness (QED) is 0.0261.